The number of carbonyl (C=O) groups is 4. The topological polar surface area (TPSA) is 105 Å². The summed E-state index contributed by atoms with van der Waals surface area (Å²) in [5.74, 6) is -2.77. The molecule has 0 saturated carbocycles. The van der Waals surface area contributed by atoms with E-state index in [0.29, 0.717) is 24.7 Å². The van der Waals surface area contributed by atoms with Crippen LogP contribution >= 0.6 is 0 Å². The van der Waals surface area contributed by atoms with E-state index in [0.717, 1.165) is 37.8 Å². The zero-order valence-electron chi connectivity index (χ0n) is 25.9. The monoisotopic (exact) mass is 604 g/mol. The Bertz CT molecular complexity index is 1190. The summed E-state index contributed by atoms with van der Waals surface area (Å²) in [6, 6.07) is 12.7. The molecule has 3 rings (SSSR count). The summed E-state index contributed by atoms with van der Waals surface area (Å²) < 4.78 is 21.8. The molecular formula is C36H44O8. The summed E-state index contributed by atoms with van der Waals surface area (Å²) in [7, 11) is 0. The van der Waals surface area contributed by atoms with Crippen LogP contribution in [0.4, 0.5) is 0 Å². The molecule has 0 heterocycles. The van der Waals surface area contributed by atoms with Gasteiger partial charge < -0.3 is 18.9 Å². The van der Waals surface area contributed by atoms with Gasteiger partial charge in [-0.1, -0.05) is 78.1 Å². The highest BCUT2D eigenvalue weighted by Gasteiger charge is 2.27. The van der Waals surface area contributed by atoms with Crippen LogP contribution in [0.5, 0.6) is 11.5 Å². The summed E-state index contributed by atoms with van der Waals surface area (Å²) in [5, 5.41) is 0. The summed E-state index contributed by atoms with van der Waals surface area (Å²) in [4.78, 5) is 50.3. The van der Waals surface area contributed by atoms with Crippen molar-refractivity contribution < 1.29 is 38.1 Å². The molecule has 0 bridgehead atoms. The molecule has 0 radical (unpaired) electrons. The average Bonchev–Trinajstić information content (AvgIpc) is 3.03. The second kappa shape index (κ2) is 19.2. The first-order valence-corrected chi connectivity index (χ1v) is 15.8. The van der Waals surface area contributed by atoms with Gasteiger partial charge in [0.25, 0.3) is 0 Å². The molecule has 0 saturated heterocycles. The highest BCUT2D eigenvalue weighted by Crippen LogP contribution is 2.20. The first-order valence-electron chi connectivity index (χ1n) is 15.8. The molecule has 1 aliphatic rings. The van der Waals surface area contributed by atoms with E-state index in [4.69, 9.17) is 18.9 Å². The van der Waals surface area contributed by atoms with E-state index < -0.39 is 35.0 Å². The van der Waals surface area contributed by atoms with Gasteiger partial charge in [-0.05, 0) is 61.4 Å². The third-order valence-corrected chi connectivity index (χ3v) is 7.13. The Morgan fingerprint density at radius 2 is 0.841 bits per heavy atom. The van der Waals surface area contributed by atoms with Crippen molar-refractivity contribution >= 4 is 23.5 Å². The molecule has 0 N–H and O–H groups in total. The number of rotatable bonds is 20. The van der Waals surface area contributed by atoms with Crippen molar-refractivity contribution in [1.82, 2.24) is 0 Å². The maximum Gasteiger partial charge on any atom is 0.343 e. The maximum atomic E-state index is 12.6. The van der Waals surface area contributed by atoms with Crippen LogP contribution in [0, 0.1) is 0 Å². The molecule has 0 atom stereocenters. The minimum atomic E-state index is -0.799. The highest BCUT2D eigenvalue weighted by atomic mass is 16.5. The fourth-order valence-electron chi connectivity index (χ4n) is 4.52. The van der Waals surface area contributed by atoms with Crippen LogP contribution in [0.2, 0.25) is 0 Å². The Morgan fingerprint density at radius 1 is 0.500 bits per heavy atom. The molecule has 44 heavy (non-hydrogen) atoms. The molecule has 1 aliphatic carbocycles. The van der Waals surface area contributed by atoms with E-state index in [9.17, 15) is 19.2 Å². The summed E-state index contributed by atoms with van der Waals surface area (Å²) in [6.07, 6.45) is 15.7. The SMILES string of the molecule is CCCCCCCCOc1ccc(C(=O)OC2=CC(=O)C(OC(=O)c3ccc(OCCCCCCCC)cc3)=CC2=O)cc1. The lowest BCUT2D eigenvalue weighted by Crippen LogP contribution is -2.20. The van der Waals surface area contributed by atoms with Crippen molar-refractivity contribution in [2.45, 2.75) is 90.9 Å². The summed E-state index contributed by atoms with van der Waals surface area (Å²) >= 11 is 0. The van der Waals surface area contributed by atoms with E-state index in [1.54, 1.807) is 24.3 Å². The Kier molecular flexibility index (Phi) is 14.9. The van der Waals surface area contributed by atoms with Crippen molar-refractivity contribution in [2.24, 2.45) is 0 Å². The lowest BCUT2D eigenvalue weighted by molar-refractivity contribution is -0.118. The number of carbonyl (C=O) groups excluding carboxylic acids is 4. The first kappa shape index (κ1) is 34.3. The molecule has 2 aromatic rings. The van der Waals surface area contributed by atoms with Crippen LogP contribution in [0.3, 0.4) is 0 Å². The van der Waals surface area contributed by atoms with Crippen molar-refractivity contribution in [3.63, 3.8) is 0 Å². The molecule has 8 nitrogen and oxygen atoms in total. The minimum absolute atomic E-state index is 0.193. The highest BCUT2D eigenvalue weighted by molar-refractivity contribution is 6.19. The van der Waals surface area contributed by atoms with Gasteiger partial charge in [0.15, 0.2) is 11.5 Å². The second-order valence-electron chi connectivity index (χ2n) is 10.8. The predicted molar refractivity (Wildman–Crippen MR) is 168 cm³/mol. The molecule has 2 aromatic carbocycles. The standard InChI is InChI=1S/C36H44O8/c1-3-5-7-9-11-13-23-41-29-19-15-27(16-20-29)35(39)43-33-25-32(38)34(26-31(33)37)44-36(40)28-17-21-30(22-18-28)42-24-14-12-10-8-6-4-2/h15-22,25-26H,3-14,23-24H2,1-2H3. The summed E-state index contributed by atoms with van der Waals surface area (Å²) in [5.41, 5.74) is 0.386. The normalized spacial score (nSPS) is 12.8. The van der Waals surface area contributed by atoms with Crippen LogP contribution < -0.4 is 9.47 Å². The average molecular weight is 605 g/mol. The van der Waals surface area contributed by atoms with Crippen LogP contribution in [-0.2, 0) is 19.1 Å². The number of ether oxygens (including phenoxy) is 4. The van der Waals surface area contributed by atoms with Gasteiger partial charge in [0.05, 0.1) is 24.3 Å². The molecule has 0 fully saturated rings. The van der Waals surface area contributed by atoms with Crippen molar-refractivity contribution in [1.29, 1.82) is 0 Å². The van der Waals surface area contributed by atoms with E-state index >= 15 is 0 Å². The van der Waals surface area contributed by atoms with Gasteiger partial charge in [0, 0.05) is 12.2 Å². The van der Waals surface area contributed by atoms with E-state index in [1.807, 2.05) is 0 Å². The predicted octanol–water partition coefficient (Wildman–Crippen LogP) is 8.10. The number of allylic oxidation sites excluding steroid dienone is 2. The number of unbranched alkanes of at least 4 members (excludes halogenated alkanes) is 10. The smallest absolute Gasteiger partial charge is 0.343 e. The number of ketones is 2. The van der Waals surface area contributed by atoms with Crippen LogP contribution in [-0.4, -0.2) is 36.7 Å². The third kappa shape index (κ3) is 11.8. The fourth-order valence-corrected chi connectivity index (χ4v) is 4.52. The van der Waals surface area contributed by atoms with Gasteiger partial charge in [-0.25, -0.2) is 9.59 Å². The molecule has 0 aliphatic heterocycles. The van der Waals surface area contributed by atoms with Gasteiger partial charge in [-0.2, -0.15) is 0 Å². The second-order valence-corrected chi connectivity index (χ2v) is 10.8. The zero-order chi connectivity index (χ0) is 31.6. The Morgan fingerprint density at radius 3 is 1.20 bits per heavy atom. The molecular weight excluding hydrogens is 560 g/mol. The van der Waals surface area contributed by atoms with Crippen molar-refractivity contribution in [3.8, 4) is 11.5 Å². The third-order valence-electron chi connectivity index (χ3n) is 7.13. The van der Waals surface area contributed by atoms with Crippen LogP contribution in [0.15, 0.2) is 72.2 Å². The Hall–Kier alpha value is -4.20. The quantitative estimate of drug-likeness (QED) is 0.0848. The van der Waals surface area contributed by atoms with Crippen LogP contribution in [0.1, 0.15) is 112 Å². The molecule has 0 aromatic heterocycles. The molecule has 0 amide bonds. The Labute approximate surface area is 260 Å². The lowest BCUT2D eigenvalue weighted by atomic mass is 10.1. The van der Waals surface area contributed by atoms with Gasteiger partial charge in [0.1, 0.15) is 11.5 Å². The molecule has 0 spiro atoms. The first-order chi connectivity index (χ1) is 21.4. The van der Waals surface area contributed by atoms with Gasteiger partial charge in [-0.15, -0.1) is 0 Å². The fraction of sp³-hybridized carbons (Fsp3) is 0.444. The van der Waals surface area contributed by atoms with E-state index in [2.05, 4.69) is 13.8 Å². The van der Waals surface area contributed by atoms with Gasteiger partial charge >= 0.3 is 11.9 Å². The maximum absolute atomic E-state index is 12.6. The van der Waals surface area contributed by atoms with Crippen molar-refractivity contribution in [3.05, 3.63) is 83.3 Å². The number of esters is 2. The van der Waals surface area contributed by atoms with Gasteiger partial charge in [0.2, 0.25) is 11.6 Å². The zero-order valence-corrected chi connectivity index (χ0v) is 25.9. The number of benzene rings is 2. The van der Waals surface area contributed by atoms with E-state index in [-0.39, 0.29) is 11.1 Å². The number of hydrogen-bond acceptors (Lipinski definition) is 8. The summed E-state index contributed by atoms with van der Waals surface area (Å²) in [6.45, 7) is 5.57. The van der Waals surface area contributed by atoms with Crippen molar-refractivity contribution in [2.75, 3.05) is 13.2 Å². The van der Waals surface area contributed by atoms with Gasteiger partial charge in [-0.3, -0.25) is 9.59 Å². The van der Waals surface area contributed by atoms with Crippen LogP contribution in [0.25, 0.3) is 0 Å². The molecule has 8 heteroatoms. The molecule has 0 unspecified atom stereocenters. The molecule has 236 valence electrons. The largest absolute Gasteiger partial charge is 0.494 e. The number of hydrogen-bond donors (Lipinski definition) is 0. The minimum Gasteiger partial charge on any atom is -0.494 e. The Balaban J connectivity index is 1.42. The van der Waals surface area contributed by atoms with E-state index in [1.165, 1.54) is 75.6 Å². The lowest BCUT2D eigenvalue weighted by Gasteiger charge is -2.13.